The largest absolute Gasteiger partial charge is 0.361 e. The monoisotopic (exact) mass is 406 g/mol. The summed E-state index contributed by atoms with van der Waals surface area (Å²) in [6.45, 7) is 4.61. The molecule has 0 unspecified atom stereocenters. The fourth-order valence-corrected chi connectivity index (χ4v) is 3.78. The Hall–Kier alpha value is -2.67. The highest BCUT2D eigenvalue weighted by atomic mass is 32.1. The minimum atomic E-state index is 0.516. The minimum Gasteiger partial charge on any atom is -0.361 e. The molecule has 0 amide bonds. The summed E-state index contributed by atoms with van der Waals surface area (Å²) in [6.07, 6.45) is 6.32. The topological polar surface area (TPSA) is 52.3 Å². The van der Waals surface area contributed by atoms with Crippen LogP contribution < -0.4 is 15.7 Å². The van der Waals surface area contributed by atoms with Crippen LogP contribution in [0, 0.1) is 0 Å². The number of aromatic nitrogens is 1. The summed E-state index contributed by atoms with van der Waals surface area (Å²) in [5, 5.41) is 10.1. The van der Waals surface area contributed by atoms with Crippen molar-refractivity contribution in [3.05, 3.63) is 66.4 Å². The molecule has 29 heavy (non-hydrogen) atoms. The van der Waals surface area contributed by atoms with E-state index in [0.717, 1.165) is 42.8 Å². The number of hydrogen-bond donors (Lipinski definition) is 3. The Labute approximate surface area is 176 Å². The molecular formula is C23H26N4OS. The molecule has 150 valence electrons. The number of nitrogens with one attached hydrogen (secondary N) is 3. The van der Waals surface area contributed by atoms with Crippen LogP contribution in [0.4, 0.5) is 11.4 Å². The molecule has 0 bridgehead atoms. The Morgan fingerprint density at radius 1 is 1.21 bits per heavy atom. The summed E-state index contributed by atoms with van der Waals surface area (Å²) in [7, 11) is 0. The number of anilines is 2. The summed E-state index contributed by atoms with van der Waals surface area (Å²) >= 11 is 5.68. The molecule has 4 rings (SSSR count). The van der Waals surface area contributed by atoms with E-state index >= 15 is 0 Å². The van der Waals surface area contributed by atoms with Gasteiger partial charge in [-0.1, -0.05) is 31.2 Å². The lowest BCUT2D eigenvalue weighted by Crippen LogP contribution is -2.35. The zero-order chi connectivity index (χ0) is 20.1. The van der Waals surface area contributed by atoms with Gasteiger partial charge in [0.05, 0.1) is 12.3 Å². The third-order valence-corrected chi connectivity index (χ3v) is 5.21. The molecular weight excluding hydrogens is 380 g/mol. The molecule has 2 aromatic carbocycles. The standard InChI is InChI=1S/C23H26N4OS/c1-2-14-28-27(19-6-4-3-5-7-19)23(29)26-18-8-9-22-20(15-18)21(16-25-22)17-10-12-24-13-11-17/h3-10,15-16,24-25H,2,11-14H2,1H3,(H,26,29). The van der Waals surface area contributed by atoms with Crippen molar-refractivity contribution in [2.24, 2.45) is 0 Å². The van der Waals surface area contributed by atoms with Gasteiger partial charge in [-0.05, 0) is 67.5 Å². The van der Waals surface area contributed by atoms with Crippen LogP contribution in [0.3, 0.4) is 0 Å². The highest BCUT2D eigenvalue weighted by Crippen LogP contribution is 2.30. The normalized spacial score (nSPS) is 13.9. The minimum absolute atomic E-state index is 0.516. The molecule has 0 aliphatic carbocycles. The molecule has 0 atom stereocenters. The number of benzene rings is 2. The third kappa shape index (κ3) is 4.50. The second-order valence-electron chi connectivity index (χ2n) is 7.04. The van der Waals surface area contributed by atoms with Crippen LogP contribution in [0.15, 0.2) is 60.8 Å². The number of rotatable bonds is 6. The van der Waals surface area contributed by atoms with E-state index in [0.29, 0.717) is 11.7 Å². The van der Waals surface area contributed by atoms with Crippen molar-refractivity contribution >= 4 is 45.2 Å². The predicted molar refractivity (Wildman–Crippen MR) is 125 cm³/mol. The van der Waals surface area contributed by atoms with E-state index in [1.807, 2.05) is 36.4 Å². The maximum Gasteiger partial charge on any atom is 0.202 e. The fraction of sp³-hybridized carbons (Fsp3) is 0.261. The summed E-state index contributed by atoms with van der Waals surface area (Å²) in [4.78, 5) is 9.30. The van der Waals surface area contributed by atoms with Gasteiger partial charge in [0.25, 0.3) is 0 Å². The van der Waals surface area contributed by atoms with Crippen LogP contribution in [0.1, 0.15) is 25.3 Å². The molecule has 0 fully saturated rings. The molecule has 3 N–H and O–H groups in total. The van der Waals surface area contributed by atoms with E-state index in [2.05, 4.69) is 46.9 Å². The van der Waals surface area contributed by atoms with E-state index < -0.39 is 0 Å². The van der Waals surface area contributed by atoms with E-state index in [1.54, 1.807) is 5.06 Å². The van der Waals surface area contributed by atoms with Crippen LogP contribution in [-0.4, -0.2) is 29.8 Å². The summed E-state index contributed by atoms with van der Waals surface area (Å²) < 4.78 is 0. The van der Waals surface area contributed by atoms with Gasteiger partial charge < -0.3 is 15.6 Å². The number of hydrogen-bond acceptors (Lipinski definition) is 3. The molecule has 0 saturated heterocycles. The molecule has 3 aromatic rings. The molecule has 1 aliphatic heterocycles. The maximum atomic E-state index is 5.91. The van der Waals surface area contributed by atoms with Gasteiger partial charge in [0.2, 0.25) is 5.11 Å². The second kappa shape index (κ2) is 9.22. The lowest BCUT2D eigenvalue weighted by atomic mass is 9.99. The number of aromatic amines is 1. The Kier molecular flexibility index (Phi) is 6.24. The number of nitrogens with zero attached hydrogens (tertiary/aromatic N) is 1. The van der Waals surface area contributed by atoms with Gasteiger partial charge in [0.15, 0.2) is 0 Å². The molecule has 2 heterocycles. The quantitative estimate of drug-likeness (QED) is 0.393. The van der Waals surface area contributed by atoms with Gasteiger partial charge in [0.1, 0.15) is 0 Å². The zero-order valence-electron chi connectivity index (χ0n) is 16.6. The lowest BCUT2D eigenvalue weighted by molar-refractivity contribution is 0.145. The molecule has 0 saturated carbocycles. The molecule has 5 nitrogen and oxygen atoms in total. The Balaban J connectivity index is 1.59. The first kappa shape index (κ1) is 19.6. The van der Waals surface area contributed by atoms with Crippen molar-refractivity contribution < 1.29 is 4.84 Å². The first-order valence-electron chi connectivity index (χ1n) is 10.1. The summed E-state index contributed by atoms with van der Waals surface area (Å²) in [5.74, 6) is 0. The Morgan fingerprint density at radius 3 is 2.83 bits per heavy atom. The molecule has 0 spiro atoms. The smallest absolute Gasteiger partial charge is 0.202 e. The predicted octanol–water partition coefficient (Wildman–Crippen LogP) is 5.09. The first-order chi connectivity index (χ1) is 14.3. The summed E-state index contributed by atoms with van der Waals surface area (Å²) in [5.41, 5.74) is 5.61. The number of thiocarbonyl (C=S) groups is 1. The van der Waals surface area contributed by atoms with Crippen molar-refractivity contribution in [1.82, 2.24) is 10.3 Å². The molecule has 6 heteroatoms. The van der Waals surface area contributed by atoms with Gasteiger partial charge in [0, 0.05) is 34.9 Å². The third-order valence-electron chi connectivity index (χ3n) is 4.94. The average molecular weight is 407 g/mol. The number of fused-ring (bicyclic) bond motifs is 1. The van der Waals surface area contributed by atoms with Crippen molar-refractivity contribution in [2.45, 2.75) is 19.8 Å². The Bertz CT molecular complexity index is 1010. The van der Waals surface area contributed by atoms with Crippen LogP contribution in [0.2, 0.25) is 0 Å². The number of para-hydroxylation sites is 1. The van der Waals surface area contributed by atoms with Gasteiger partial charge in [-0.25, -0.2) is 0 Å². The van der Waals surface area contributed by atoms with Crippen LogP contribution in [-0.2, 0) is 4.84 Å². The highest BCUT2D eigenvalue weighted by Gasteiger charge is 2.15. The highest BCUT2D eigenvalue weighted by molar-refractivity contribution is 7.80. The van der Waals surface area contributed by atoms with Gasteiger partial charge in [-0.2, -0.15) is 5.06 Å². The van der Waals surface area contributed by atoms with Gasteiger partial charge in [-0.3, -0.25) is 4.84 Å². The van der Waals surface area contributed by atoms with E-state index in [-0.39, 0.29) is 0 Å². The van der Waals surface area contributed by atoms with Crippen LogP contribution in [0.25, 0.3) is 16.5 Å². The Morgan fingerprint density at radius 2 is 2.07 bits per heavy atom. The first-order valence-corrected chi connectivity index (χ1v) is 10.5. The van der Waals surface area contributed by atoms with Crippen molar-refractivity contribution in [3.8, 4) is 0 Å². The number of hydroxylamine groups is 1. The SMILES string of the molecule is CCCON(C(=S)Nc1ccc2[nH]cc(C3=CCNCC3)c2c1)c1ccccc1. The molecule has 0 radical (unpaired) electrons. The van der Waals surface area contributed by atoms with Crippen LogP contribution >= 0.6 is 12.2 Å². The van der Waals surface area contributed by atoms with Gasteiger partial charge >= 0.3 is 0 Å². The van der Waals surface area contributed by atoms with Crippen molar-refractivity contribution in [2.75, 3.05) is 30.1 Å². The van der Waals surface area contributed by atoms with Crippen LogP contribution in [0.5, 0.6) is 0 Å². The average Bonchev–Trinajstić information content (AvgIpc) is 3.19. The molecule has 1 aliphatic rings. The van der Waals surface area contributed by atoms with Crippen molar-refractivity contribution in [3.63, 3.8) is 0 Å². The molecule has 1 aromatic heterocycles. The lowest BCUT2D eigenvalue weighted by Gasteiger charge is -2.24. The van der Waals surface area contributed by atoms with Gasteiger partial charge in [-0.15, -0.1) is 0 Å². The maximum absolute atomic E-state index is 5.91. The second-order valence-corrected chi connectivity index (χ2v) is 7.43. The van der Waals surface area contributed by atoms with Crippen molar-refractivity contribution in [1.29, 1.82) is 0 Å². The van der Waals surface area contributed by atoms with E-state index in [1.165, 1.54) is 16.5 Å². The summed E-state index contributed by atoms with van der Waals surface area (Å²) in [6, 6.07) is 16.2. The van der Waals surface area contributed by atoms with E-state index in [9.17, 15) is 0 Å². The fourth-order valence-electron chi connectivity index (χ4n) is 3.50. The zero-order valence-corrected chi connectivity index (χ0v) is 17.4. The van der Waals surface area contributed by atoms with E-state index in [4.69, 9.17) is 17.1 Å². The number of H-pyrrole nitrogens is 1.